The molecular formula is C26H29N7O6S2. The van der Waals surface area contributed by atoms with Gasteiger partial charge in [-0.3, -0.25) is 10.1 Å². The Bertz CT molecular complexity index is 1540. The number of anilines is 2. The Labute approximate surface area is 243 Å². The molecular weight excluding hydrogens is 570 g/mol. The van der Waals surface area contributed by atoms with Crippen LogP contribution in [0.4, 0.5) is 10.9 Å². The van der Waals surface area contributed by atoms with E-state index in [0.717, 1.165) is 48.9 Å². The summed E-state index contributed by atoms with van der Waals surface area (Å²) in [6.45, 7) is 3.21. The number of carbonyl (C=O) groups is 1. The number of methoxy groups -OCH3 is 2. The number of benzene rings is 1. The molecule has 1 aromatic carbocycles. The molecule has 13 nitrogen and oxygen atoms in total. The highest BCUT2D eigenvalue weighted by Gasteiger charge is 2.25. The molecule has 0 aliphatic carbocycles. The van der Waals surface area contributed by atoms with E-state index in [-0.39, 0.29) is 23.2 Å². The number of nitrogens with zero attached hydrogens (tertiary/aromatic N) is 5. The van der Waals surface area contributed by atoms with E-state index in [4.69, 9.17) is 24.4 Å². The maximum atomic E-state index is 13.3. The summed E-state index contributed by atoms with van der Waals surface area (Å²) in [5.41, 5.74) is 5.82. The number of aromatic nitrogens is 4. The number of hydrogen-bond acceptors (Lipinski definition) is 13. The van der Waals surface area contributed by atoms with Crippen molar-refractivity contribution in [3.63, 3.8) is 0 Å². The Morgan fingerprint density at radius 3 is 2.59 bits per heavy atom. The quantitative estimate of drug-likeness (QED) is 0.243. The van der Waals surface area contributed by atoms with Gasteiger partial charge in [0, 0.05) is 42.8 Å². The zero-order valence-corrected chi connectivity index (χ0v) is 24.1. The van der Waals surface area contributed by atoms with E-state index in [1.165, 1.54) is 31.2 Å². The van der Waals surface area contributed by atoms with Crippen LogP contribution in [0.15, 0.2) is 45.7 Å². The average molecular weight is 600 g/mol. The monoisotopic (exact) mass is 599 g/mol. The molecule has 1 amide bonds. The third-order valence-corrected chi connectivity index (χ3v) is 8.04. The molecule has 4 heterocycles. The number of rotatable bonds is 11. The maximum absolute atomic E-state index is 13.3. The lowest BCUT2D eigenvalue weighted by molar-refractivity contribution is 0.0991. The van der Waals surface area contributed by atoms with E-state index in [2.05, 4.69) is 25.5 Å². The molecule has 0 bridgehead atoms. The van der Waals surface area contributed by atoms with Crippen molar-refractivity contribution in [1.29, 1.82) is 0 Å². The molecule has 0 unspecified atom stereocenters. The highest BCUT2D eigenvalue weighted by atomic mass is 32.2. The van der Waals surface area contributed by atoms with Crippen LogP contribution in [-0.2, 0) is 0 Å². The Hall–Kier alpha value is -4.08. The first-order chi connectivity index (χ1) is 20.0. The Kier molecular flexibility index (Phi) is 9.06. The number of nitrogen functional groups attached to an aromatic ring is 1. The molecule has 0 atom stereocenters. The summed E-state index contributed by atoms with van der Waals surface area (Å²) in [5, 5.41) is 15.2. The summed E-state index contributed by atoms with van der Waals surface area (Å²) < 4.78 is 24.0. The van der Waals surface area contributed by atoms with Crippen LogP contribution in [0.1, 0.15) is 17.0 Å². The predicted octanol–water partition coefficient (Wildman–Crippen LogP) is 3.01. The SMILES string of the molecule is COc1cccc(OC)c1-c1cc(C(=O)Nc2nnc(-n3nccc3N)s2)oc(=O)c1OCCCN1CCSCC1. The fourth-order valence-electron chi connectivity index (χ4n) is 4.30. The van der Waals surface area contributed by atoms with E-state index in [0.29, 0.717) is 33.6 Å². The fourth-order valence-corrected chi connectivity index (χ4v) is 6.00. The average Bonchev–Trinajstić information content (AvgIpc) is 3.64. The summed E-state index contributed by atoms with van der Waals surface area (Å²) in [4.78, 5) is 28.8. The number of thioether (sulfide) groups is 1. The standard InChI is InChI=1S/C26H29N7O6S2/c1-36-17-5-3-6-18(37-2)21(17)16-15-19(23(34)29-25-30-31-26(41-25)33-20(27)7-8-28-33)39-24(35)22(16)38-12-4-9-32-10-13-40-14-11-32/h3,5-8,15H,4,9-14,27H2,1-2H3,(H,29,30,34). The summed E-state index contributed by atoms with van der Waals surface area (Å²) in [6.07, 6.45) is 2.24. The number of nitrogens with two attached hydrogens (primary N) is 1. The molecule has 1 fully saturated rings. The lowest BCUT2D eigenvalue weighted by Gasteiger charge is -2.25. The van der Waals surface area contributed by atoms with Crippen molar-refractivity contribution in [2.75, 3.05) is 63.0 Å². The molecule has 3 aromatic heterocycles. The molecule has 0 radical (unpaired) electrons. The van der Waals surface area contributed by atoms with Crippen molar-refractivity contribution in [3.8, 4) is 33.5 Å². The second-order valence-corrected chi connectivity index (χ2v) is 11.0. The van der Waals surface area contributed by atoms with E-state index in [1.807, 2.05) is 11.8 Å². The minimum Gasteiger partial charge on any atom is -0.496 e. The number of nitrogens with one attached hydrogen (secondary N) is 1. The number of amides is 1. The van der Waals surface area contributed by atoms with Gasteiger partial charge in [-0.05, 0) is 24.6 Å². The smallest absolute Gasteiger partial charge is 0.379 e. The Morgan fingerprint density at radius 1 is 1.15 bits per heavy atom. The lowest BCUT2D eigenvalue weighted by Crippen LogP contribution is -2.34. The van der Waals surface area contributed by atoms with Crippen molar-refractivity contribution in [1.82, 2.24) is 24.9 Å². The van der Waals surface area contributed by atoms with Crippen LogP contribution in [0, 0.1) is 0 Å². The molecule has 0 spiro atoms. The molecule has 0 saturated carbocycles. The van der Waals surface area contributed by atoms with Crippen LogP contribution in [0.2, 0.25) is 0 Å². The van der Waals surface area contributed by atoms with E-state index < -0.39 is 11.5 Å². The van der Waals surface area contributed by atoms with Gasteiger partial charge in [0.2, 0.25) is 16.0 Å². The van der Waals surface area contributed by atoms with Gasteiger partial charge < -0.3 is 29.3 Å². The minimum atomic E-state index is -0.808. The van der Waals surface area contributed by atoms with Gasteiger partial charge in [-0.15, -0.1) is 10.2 Å². The first-order valence-electron chi connectivity index (χ1n) is 12.8. The van der Waals surface area contributed by atoms with Gasteiger partial charge in [0.15, 0.2) is 5.76 Å². The Balaban J connectivity index is 1.43. The maximum Gasteiger partial charge on any atom is 0.379 e. The molecule has 41 heavy (non-hydrogen) atoms. The van der Waals surface area contributed by atoms with Crippen LogP contribution in [-0.4, -0.2) is 82.8 Å². The van der Waals surface area contributed by atoms with Gasteiger partial charge >= 0.3 is 5.63 Å². The highest BCUT2D eigenvalue weighted by Crippen LogP contribution is 2.42. The van der Waals surface area contributed by atoms with Gasteiger partial charge in [0.05, 0.1) is 32.6 Å². The lowest BCUT2D eigenvalue weighted by atomic mass is 10.0. The van der Waals surface area contributed by atoms with E-state index in [9.17, 15) is 9.59 Å². The number of carbonyl (C=O) groups excluding carboxylic acids is 1. The van der Waals surface area contributed by atoms with Crippen molar-refractivity contribution >= 4 is 40.0 Å². The number of hydrogen-bond donors (Lipinski definition) is 2. The second kappa shape index (κ2) is 13.1. The minimum absolute atomic E-state index is 0.0362. The van der Waals surface area contributed by atoms with Crippen molar-refractivity contribution < 1.29 is 23.4 Å². The first kappa shape index (κ1) is 28.4. The molecule has 3 N–H and O–H groups in total. The summed E-state index contributed by atoms with van der Waals surface area (Å²) >= 11 is 3.00. The van der Waals surface area contributed by atoms with Crippen molar-refractivity contribution in [2.24, 2.45) is 0 Å². The van der Waals surface area contributed by atoms with E-state index in [1.54, 1.807) is 24.3 Å². The highest BCUT2D eigenvalue weighted by molar-refractivity contribution is 7.99. The van der Waals surface area contributed by atoms with Gasteiger partial charge in [0.25, 0.3) is 5.91 Å². The van der Waals surface area contributed by atoms with Gasteiger partial charge in [-0.2, -0.15) is 21.5 Å². The summed E-state index contributed by atoms with van der Waals surface area (Å²) in [5.74, 6) is 2.46. The molecule has 1 aliphatic heterocycles. The molecule has 1 aliphatic rings. The van der Waals surface area contributed by atoms with Gasteiger partial charge in [-0.1, -0.05) is 17.4 Å². The fraction of sp³-hybridized carbons (Fsp3) is 0.346. The summed E-state index contributed by atoms with van der Waals surface area (Å²) in [6, 6.07) is 8.26. The number of ether oxygens (including phenoxy) is 3. The normalized spacial score (nSPS) is 13.6. The molecule has 4 aromatic rings. The van der Waals surface area contributed by atoms with Crippen molar-refractivity contribution in [3.05, 3.63) is 52.7 Å². The van der Waals surface area contributed by atoms with Crippen LogP contribution >= 0.6 is 23.1 Å². The first-order valence-corrected chi connectivity index (χ1v) is 14.7. The predicted molar refractivity (Wildman–Crippen MR) is 157 cm³/mol. The van der Waals surface area contributed by atoms with Crippen LogP contribution < -0.4 is 30.9 Å². The molecule has 216 valence electrons. The Morgan fingerprint density at radius 2 is 1.90 bits per heavy atom. The topological polar surface area (TPSA) is 160 Å². The van der Waals surface area contributed by atoms with Gasteiger partial charge in [-0.25, -0.2) is 4.79 Å². The second-order valence-electron chi connectivity index (χ2n) is 8.85. The van der Waals surface area contributed by atoms with E-state index >= 15 is 0 Å². The van der Waals surface area contributed by atoms with Crippen LogP contribution in [0.5, 0.6) is 17.2 Å². The zero-order valence-electron chi connectivity index (χ0n) is 22.5. The molecule has 15 heteroatoms. The van der Waals surface area contributed by atoms with Crippen molar-refractivity contribution in [2.45, 2.75) is 6.42 Å². The van der Waals surface area contributed by atoms with Gasteiger partial charge in [0.1, 0.15) is 17.3 Å². The molecule has 5 rings (SSSR count). The van der Waals surface area contributed by atoms with Crippen LogP contribution in [0.25, 0.3) is 16.3 Å². The zero-order chi connectivity index (χ0) is 28.8. The summed E-state index contributed by atoms with van der Waals surface area (Å²) in [7, 11) is 3.02. The largest absolute Gasteiger partial charge is 0.496 e. The third-order valence-electron chi connectivity index (χ3n) is 6.29. The van der Waals surface area contributed by atoms with Crippen LogP contribution in [0.3, 0.4) is 0 Å². The third kappa shape index (κ3) is 6.47. The molecule has 1 saturated heterocycles.